The summed E-state index contributed by atoms with van der Waals surface area (Å²) in [4.78, 5) is 4.29. The predicted molar refractivity (Wildman–Crippen MR) is 95.9 cm³/mol. The molecule has 1 aromatic heterocycles. The molecular formula is C16H21N3O4S2. The Hall–Kier alpha value is -1.81. The molecule has 136 valence electrons. The third kappa shape index (κ3) is 5.60. The van der Waals surface area contributed by atoms with Crippen molar-refractivity contribution in [2.24, 2.45) is 0 Å². The maximum Gasteiger partial charge on any atom is 0.240 e. The Kier molecular flexibility index (Phi) is 6.28. The number of nitrogens with zero attached hydrogens (tertiary/aromatic N) is 2. The highest BCUT2D eigenvalue weighted by Crippen LogP contribution is 2.13. The van der Waals surface area contributed by atoms with Crippen LogP contribution in [-0.2, 0) is 26.6 Å². The molecular weight excluding hydrogens is 362 g/mol. The topological polar surface area (TPSA) is 96.4 Å². The maximum atomic E-state index is 12.4. The molecule has 9 heteroatoms. The van der Waals surface area contributed by atoms with Crippen molar-refractivity contribution in [3.05, 3.63) is 59.9 Å². The van der Waals surface area contributed by atoms with Crippen LogP contribution in [-0.4, -0.2) is 45.5 Å². The van der Waals surface area contributed by atoms with Gasteiger partial charge in [0.25, 0.3) is 0 Å². The van der Waals surface area contributed by atoms with Crippen LogP contribution in [0.4, 0.5) is 0 Å². The van der Waals surface area contributed by atoms with E-state index in [9.17, 15) is 16.8 Å². The average molecular weight is 383 g/mol. The van der Waals surface area contributed by atoms with Gasteiger partial charge in [-0.15, -0.1) is 0 Å². The predicted octanol–water partition coefficient (Wildman–Crippen LogP) is 1.13. The Bertz CT molecular complexity index is 913. The number of rotatable bonds is 8. The van der Waals surface area contributed by atoms with Crippen LogP contribution in [0.15, 0.2) is 53.6 Å². The zero-order valence-electron chi connectivity index (χ0n) is 14.1. The molecule has 0 fully saturated rings. The average Bonchev–Trinajstić information content (AvgIpc) is 2.54. The molecule has 7 nitrogen and oxygen atoms in total. The zero-order valence-corrected chi connectivity index (χ0v) is 15.7. The van der Waals surface area contributed by atoms with Crippen molar-refractivity contribution < 1.29 is 16.8 Å². The van der Waals surface area contributed by atoms with Gasteiger partial charge in [0, 0.05) is 19.3 Å². The van der Waals surface area contributed by atoms with E-state index in [1.165, 1.54) is 10.4 Å². The van der Waals surface area contributed by atoms with E-state index in [-0.39, 0.29) is 24.5 Å². The van der Waals surface area contributed by atoms with Crippen LogP contribution in [0.3, 0.4) is 0 Å². The van der Waals surface area contributed by atoms with E-state index in [1.54, 1.807) is 49.5 Å². The van der Waals surface area contributed by atoms with Gasteiger partial charge >= 0.3 is 0 Å². The minimum Gasteiger partial charge on any atom is -0.260 e. The van der Waals surface area contributed by atoms with Crippen molar-refractivity contribution in [2.45, 2.75) is 18.4 Å². The van der Waals surface area contributed by atoms with Gasteiger partial charge in [-0.1, -0.05) is 24.3 Å². The van der Waals surface area contributed by atoms with Gasteiger partial charge in [-0.3, -0.25) is 4.98 Å². The van der Waals surface area contributed by atoms with Gasteiger partial charge in [-0.05, 0) is 30.7 Å². The molecule has 1 aromatic carbocycles. The number of hydrogen-bond acceptors (Lipinski definition) is 5. The molecule has 0 radical (unpaired) electrons. The van der Waals surface area contributed by atoms with E-state index in [0.29, 0.717) is 11.3 Å². The van der Waals surface area contributed by atoms with Gasteiger partial charge < -0.3 is 0 Å². The molecule has 0 saturated heterocycles. The summed E-state index contributed by atoms with van der Waals surface area (Å²) in [6, 6.07) is 11.8. The van der Waals surface area contributed by atoms with Crippen molar-refractivity contribution in [1.82, 2.24) is 14.0 Å². The monoisotopic (exact) mass is 383 g/mol. The summed E-state index contributed by atoms with van der Waals surface area (Å²) in [5.41, 5.74) is 1.22. The van der Waals surface area contributed by atoms with Crippen LogP contribution in [0, 0.1) is 6.92 Å². The fourth-order valence-electron chi connectivity index (χ4n) is 2.27. The lowest BCUT2D eigenvalue weighted by atomic mass is 10.2. The summed E-state index contributed by atoms with van der Waals surface area (Å²) < 4.78 is 52.2. The van der Waals surface area contributed by atoms with Crippen molar-refractivity contribution in [3.8, 4) is 0 Å². The largest absolute Gasteiger partial charge is 0.260 e. The number of pyridine rings is 1. The highest BCUT2D eigenvalue weighted by molar-refractivity contribution is 7.89. The SMILES string of the molecule is Cc1ccccc1S(=O)(=O)NCCN(Cc1ccccn1)S(C)(=O)=O. The van der Waals surface area contributed by atoms with Crippen LogP contribution in [0.5, 0.6) is 0 Å². The van der Waals surface area contributed by atoms with Crippen LogP contribution in [0.25, 0.3) is 0 Å². The minimum absolute atomic E-state index is 0.0144. The molecule has 1 N–H and O–H groups in total. The summed E-state index contributed by atoms with van der Waals surface area (Å²) in [6.45, 7) is 1.78. The molecule has 1 heterocycles. The van der Waals surface area contributed by atoms with Gasteiger partial charge in [0.15, 0.2) is 0 Å². The first-order chi connectivity index (χ1) is 11.7. The first kappa shape index (κ1) is 19.5. The van der Waals surface area contributed by atoms with Crippen LogP contribution in [0.2, 0.25) is 0 Å². The Morgan fingerprint density at radius 1 is 1.04 bits per heavy atom. The zero-order chi connectivity index (χ0) is 18.5. The van der Waals surface area contributed by atoms with Gasteiger partial charge in [-0.2, -0.15) is 4.31 Å². The van der Waals surface area contributed by atoms with E-state index < -0.39 is 20.0 Å². The second kappa shape index (κ2) is 8.05. The Balaban J connectivity index is 2.05. The van der Waals surface area contributed by atoms with Gasteiger partial charge in [-0.25, -0.2) is 21.6 Å². The van der Waals surface area contributed by atoms with E-state index >= 15 is 0 Å². The molecule has 2 aromatic rings. The van der Waals surface area contributed by atoms with E-state index in [2.05, 4.69) is 9.71 Å². The highest BCUT2D eigenvalue weighted by Gasteiger charge is 2.20. The van der Waals surface area contributed by atoms with E-state index in [4.69, 9.17) is 0 Å². The molecule has 0 aliphatic carbocycles. The molecule has 25 heavy (non-hydrogen) atoms. The van der Waals surface area contributed by atoms with Crippen molar-refractivity contribution in [2.75, 3.05) is 19.3 Å². The van der Waals surface area contributed by atoms with Crippen LogP contribution >= 0.6 is 0 Å². The second-order valence-corrected chi connectivity index (χ2v) is 9.30. The molecule has 0 bridgehead atoms. The van der Waals surface area contributed by atoms with Crippen molar-refractivity contribution >= 4 is 20.0 Å². The number of aryl methyl sites for hydroxylation is 1. The quantitative estimate of drug-likeness (QED) is 0.737. The third-order valence-electron chi connectivity index (χ3n) is 3.57. The second-order valence-electron chi connectivity index (χ2n) is 5.58. The first-order valence-corrected chi connectivity index (χ1v) is 10.9. The molecule has 0 saturated carbocycles. The van der Waals surface area contributed by atoms with E-state index in [1.807, 2.05) is 0 Å². The molecule has 0 unspecified atom stereocenters. The standard InChI is InChI=1S/C16H21N3O4S2/c1-14-7-3-4-9-16(14)25(22,23)18-11-12-19(24(2,20)21)13-15-8-5-6-10-17-15/h3-10,18H,11-13H2,1-2H3. The Morgan fingerprint density at radius 3 is 2.32 bits per heavy atom. The number of benzene rings is 1. The van der Waals surface area contributed by atoms with Gasteiger partial charge in [0.2, 0.25) is 20.0 Å². The summed E-state index contributed by atoms with van der Waals surface area (Å²) in [7, 11) is -7.19. The molecule has 0 atom stereocenters. The minimum atomic E-state index is -3.69. The Labute approximate surface area is 148 Å². The molecule has 0 spiro atoms. The third-order valence-corrected chi connectivity index (χ3v) is 6.44. The first-order valence-electron chi connectivity index (χ1n) is 7.60. The lowest BCUT2D eigenvalue weighted by Gasteiger charge is -2.20. The van der Waals surface area contributed by atoms with Crippen LogP contribution < -0.4 is 4.72 Å². The molecule has 0 amide bonds. The summed E-state index contributed by atoms with van der Waals surface area (Å²) in [5, 5.41) is 0. The van der Waals surface area contributed by atoms with Crippen molar-refractivity contribution in [1.29, 1.82) is 0 Å². The number of hydrogen-bond donors (Lipinski definition) is 1. The smallest absolute Gasteiger partial charge is 0.240 e. The van der Waals surface area contributed by atoms with Gasteiger partial charge in [0.05, 0.1) is 23.4 Å². The summed E-state index contributed by atoms with van der Waals surface area (Å²) in [6.07, 6.45) is 2.67. The number of nitrogens with one attached hydrogen (secondary N) is 1. The highest BCUT2D eigenvalue weighted by atomic mass is 32.2. The lowest BCUT2D eigenvalue weighted by Crippen LogP contribution is -2.38. The van der Waals surface area contributed by atoms with Gasteiger partial charge in [0.1, 0.15) is 0 Å². The fourth-order valence-corrected chi connectivity index (χ4v) is 4.33. The summed E-state index contributed by atoms with van der Waals surface area (Å²) in [5.74, 6) is 0. The maximum absolute atomic E-state index is 12.4. The molecule has 0 aliphatic heterocycles. The number of aromatic nitrogens is 1. The fraction of sp³-hybridized carbons (Fsp3) is 0.312. The van der Waals surface area contributed by atoms with E-state index in [0.717, 1.165) is 6.26 Å². The normalized spacial score (nSPS) is 12.4. The summed E-state index contributed by atoms with van der Waals surface area (Å²) >= 11 is 0. The van der Waals surface area contributed by atoms with Crippen LogP contribution in [0.1, 0.15) is 11.3 Å². The van der Waals surface area contributed by atoms with Crippen molar-refractivity contribution in [3.63, 3.8) is 0 Å². The molecule has 2 rings (SSSR count). The molecule has 0 aliphatic rings. The lowest BCUT2D eigenvalue weighted by molar-refractivity contribution is 0.408. The number of sulfonamides is 2. The Morgan fingerprint density at radius 2 is 1.72 bits per heavy atom.